The molecule has 2 fully saturated rings. The fraction of sp³-hybridized carbons (Fsp3) is 0.381. The van der Waals surface area contributed by atoms with E-state index in [0.29, 0.717) is 0 Å². The first-order valence-corrected chi connectivity index (χ1v) is 9.12. The number of ether oxygens (including phenoxy) is 3. The molecule has 0 spiro atoms. The molecule has 27 heavy (non-hydrogen) atoms. The number of rotatable bonds is 5. The topological polar surface area (TPSA) is 51.2 Å². The van der Waals surface area contributed by atoms with Crippen LogP contribution < -0.4 is 19.1 Å². The maximum atomic E-state index is 13.3. The van der Waals surface area contributed by atoms with Crippen molar-refractivity contribution >= 4 is 11.6 Å². The zero-order valence-corrected chi connectivity index (χ0v) is 15.8. The molecule has 2 saturated heterocycles. The van der Waals surface area contributed by atoms with E-state index < -0.39 is 0 Å². The first kappa shape index (κ1) is 17.7. The van der Waals surface area contributed by atoms with Crippen LogP contribution in [0.3, 0.4) is 0 Å². The number of carbonyl (C=O) groups excluding carboxylic acids is 1. The molecular weight excluding hydrogens is 344 g/mol. The van der Waals surface area contributed by atoms with E-state index in [1.165, 1.54) is 0 Å². The Labute approximate surface area is 159 Å². The SMILES string of the molecule is COc1ccc(N2C(=O)C3CCCN3C2c2cc(OC)ccc2OC)cc1. The Hall–Kier alpha value is -2.73. The maximum absolute atomic E-state index is 13.3. The second kappa shape index (κ2) is 7.12. The number of amides is 1. The summed E-state index contributed by atoms with van der Waals surface area (Å²) in [6, 6.07) is 13.3. The van der Waals surface area contributed by atoms with Crippen LogP contribution in [0.5, 0.6) is 17.2 Å². The van der Waals surface area contributed by atoms with Crippen LogP contribution in [0.2, 0.25) is 0 Å². The third-order valence-corrected chi connectivity index (χ3v) is 5.44. The highest BCUT2D eigenvalue weighted by Crippen LogP contribution is 2.45. The van der Waals surface area contributed by atoms with Crippen LogP contribution in [-0.4, -0.2) is 44.7 Å². The van der Waals surface area contributed by atoms with Gasteiger partial charge in [0, 0.05) is 17.8 Å². The number of carbonyl (C=O) groups is 1. The van der Waals surface area contributed by atoms with Gasteiger partial charge in [-0.2, -0.15) is 0 Å². The lowest BCUT2D eigenvalue weighted by atomic mass is 10.1. The molecule has 0 aromatic heterocycles. The molecule has 142 valence electrons. The van der Waals surface area contributed by atoms with Gasteiger partial charge in [-0.3, -0.25) is 14.6 Å². The molecule has 6 heteroatoms. The summed E-state index contributed by atoms with van der Waals surface area (Å²) < 4.78 is 16.3. The summed E-state index contributed by atoms with van der Waals surface area (Å²) in [5, 5.41) is 0. The molecule has 0 aliphatic carbocycles. The summed E-state index contributed by atoms with van der Waals surface area (Å²) in [7, 11) is 4.93. The summed E-state index contributed by atoms with van der Waals surface area (Å²) >= 11 is 0. The summed E-state index contributed by atoms with van der Waals surface area (Å²) in [5.41, 5.74) is 1.79. The predicted molar refractivity (Wildman–Crippen MR) is 102 cm³/mol. The van der Waals surface area contributed by atoms with E-state index in [4.69, 9.17) is 14.2 Å². The minimum absolute atomic E-state index is 0.0898. The molecule has 2 heterocycles. The Bertz CT molecular complexity index is 837. The summed E-state index contributed by atoms with van der Waals surface area (Å²) in [6.07, 6.45) is 1.69. The molecule has 0 saturated carbocycles. The number of benzene rings is 2. The first-order chi connectivity index (χ1) is 13.2. The van der Waals surface area contributed by atoms with Crippen molar-refractivity contribution in [3.63, 3.8) is 0 Å². The number of anilines is 1. The van der Waals surface area contributed by atoms with Crippen LogP contribution in [0, 0.1) is 0 Å². The Morgan fingerprint density at radius 3 is 2.30 bits per heavy atom. The smallest absolute Gasteiger partial charge is 0.246 e. The van der Waals surface area contributed by atoms with Crippen molar-refractivity contribution in [1.29, 1.82) is 0 Å². The van der Waals surface area contributed by atoms with E-state index in [1.807, 2.05) is 47.4 Å². The highest BCUT2D eigenvalue weighted by Gasteiger charge is 2.50. The zero-order chi connectivity index (χ0) is 19.0. The van der Waals surface area contributed by atoms with E-state index >= 15 is 0 Å². The predicted octanol–water partition coefficient (Wildman–Crippen LogP) is 3.22. The molecule has 4 rings (SSSR count). The molecule has 2 aromatic carbocycles. The second-order valence-electron chi connectivity index (χ2n) is 6.78. The quantitative estimate of drug-likeness (QED) is 0.811. The molecule has 2 aliphatic heterocycles. The number of nitrogens with zero attached hydrogens (tertiary/aromatic N) is 2. The molecule has 0 radical (unpaired) electrons. The Morgan fingerprint density at radius 2 is 1.63 bits per heavy atom. The average Bonchev–Trinajstić information content (AvgIpc) is 3.29. The van der Waals surface area contributed by atoms with Crippen molar-refractivity contribution in [2.45, 2.75) is 25.0 Å². The van der Waals surface area contributed by atoms with Gasteiger partial charge in [-0.25, -0.2) is 0 Å². The summed E-state index contributed by atoms with van der Waals surface area (Å²) in [4.78, 5) is 17.4. The van der Waals surface area contributed by atoms with Crippen LogP contribution in [0.4, 0.5) is 5.69 Å². The van der Waals surface area contributed by atoms with Gasteiger partial charge >= 0.3 is 0 Å². The molecule has 6 nitrogen and oxygen atoms in total. The van der Waals surface area contributed by atoms with Gasteiger partial charge in [0.2, 0.25) is 5.91 Å². The standard InChI is InChI=1S/C21H24N2O4/c1-25-15-8-6-14(7-9-15)23-20(22-12-4-5-18(22)21(23)24)17-13-16(26-2)10-11-19(17)27-3/h6-11,13,18,20H,4-5,12H2,1-3H3. The van der Waals surface area contributed by atoms with Crippen molar-refractivity contribution in [2.75, 3.05) is 32.8 Å². The van der Waals surface area contributed by atoms with Gasteiger partial charge in [-0.05, 0) is 55.3 Å². The number of methoxy groups -OCH3 is 3. The number of fused-ring (bicyclic) bond motifs is 1. The van der Waals surface area contributed by atoms with Crippen molar-refractivity contribution in [3.05, 3.63) is 48.0 Å². The highest BCUT2D eigenvalue weighted by molar-refractivity contribution is 6.00. The molecule has 2 aliphatic rings. The van der Waals surface area contributed by atoms with Crippen molar-refractivity contribution < 1.29 is 19.0 Å². The second-order valence-corrected chi connectivity index (χ2v) is 6.78. The maximum Gasteiger partial charge on any atom is 0.246 e. The molecule has 2 atom stereocenters. The first-order valence-electron chi connectivity index (χ1n) is 9.12. The third-order valence-electron chi connectivity index (χ3n) is 5.44. The van der Waals surface area contributed by atoms with E-state index in [0.717, 1.165) is 47.9 Å². The molecule has 1 amide bonds. The van der Waals surface area contributed by atoms with Crippen molar-refractivity contribution in [3.8, 4) is 17.2 Å². The Balaban J connectivity index is 1.83. The molecule has 0 bridgehead atoms. The minimum atomic E-state index is -0.219. The van der Waals surface area contributed by atoms with Crippen LogP contribution in [0.1, 0.15) is 24.6 Å². The van der Waals surface area contributed by atoms with Crippen LogP contribution >= 0.6 is 0 Å². The highest BCUT2D eigenvalue weighted by atomic mass is 16.5. The van der Waals surface area contributed by atoms with Crippen LogP contribution in [0.25, 0.3) is 0 Å². The summed E-state index contributed by atoms with van der Waals surface area (Å²) in [6.45, 7) is 0.883. The van der Waals surface area contributed by atoms with Gasteiger partial charge in [-0.1, -0.05) is 0 Å². The van der Waals surface area contributed by atoms with Crippen LogP contribution in [-0.2, 0) is 4.79 Å². The molecule has 2 aromatic rings. The van der Waals surface area contributed by atoms with Gasteiger partial charge in [0.1, 0.15) is 23.4 Å². The Kier molecular flexibility index (Phi) is 4.66. The minimum Gasteiger partial charge on any atom is -0.497 e. The van der Waals surface area contributed by atoms with E-state index in [2.05, 4.69) is 4.90 Å². The van der Waals surface area contributed by atoms with Gasteiger partial charge in [0.05, 0.1) is 27.4 Å². The average molecular weight is 368 g/mol. The number of hydrogen-bond acceptors (Lipinski definition) is 5. The van der Waals surface area contributed by atoms with Crippen LogP contribution in [0.15, 0.2) is 42.5 Å². The van der Waals surface area contributed by atoms with E-state index in [-0.39, 0.29) is 18.1 Å². The van der Waals surface area contributed by atoms with Gasteiger partial charge < -0.3 is 14.2 Å². The van der Waals surface area contributed by atoms with Crippen molar-refractivity contribution in [2.24, 2.45) is 0 Å². The lowest BCUT2D eigenvalue weighted by Gasteiger charge is -2.31. The molecular formula is C21H24N2O4. The Morgan fingerprint density at radius 1 is 0.926 bits per heavy atom. The van der Waals surface area contributed by atoms with Gasteiger partial charge in [0.25, 0.3) is 0 Å². The normalized spacial score (nSPS) is 22.0. The monoisotopic (exact) mass is 368 g/mol. The van der Waals surface area contributed by atoms with E-state index in [1.54, 1.807) is 21.3 Å². The summed E-state index contributed by atoms with van der Waals surface area (Å²) in [5.74, 6) is 2.39. The fourth-order valence-corrected chi connectivity index (χ4v) is 4.15. The zero-order valence-electron chi connectivity index (χ0n) is 15.8. The van der Waals surface area contributed by atoms with Crippen molar-refractivity contribution in [1.82, 2.24) is 4.90 Å². The van der Waals surface area contributed by atoms with Gasteiger partial charge in [0.15, 0.2) is 0 Å². The third kappa shape index (κ3) is 2.90. The molecule has 0 N–H and O–H groups in total. The molecule has 2 unspecified atom stereocenters. The number of hydrogen-bond donors (Lipinski definition) is 0. The fourth-order valence-electron chi connectivity index (χ4n) is 4.15. The lowest BCUT2D eigenvalue weighted by molar-refractivity contribution is -0.119. The largest absolute Gasteiger partial charge is 0.497 e. The van der Waals surface area contributed by atoms with E-state index in [9.17, 15) is 4.79 Å². The lowest BCUT2D eigenvalue weighted by Crippen LogP contribution is -2.32. The van der Waals surface area contributed by atoms with Gasteiger partial charge in [-0.15, -0.1) is 0 Å².